The van der Waals surface area contributed by atoms with Gasteiger partial charge in [0.2, 0.25) is 5.91 Å². The number of amides is 1. The standard InChI is InChI=1S/C19H32N4OS.2ClH/c1-3-10-23(18-4-8-20-9-5-18)19(24)16-6-11-22(12-7-16)13-17-14-25-15(2)21-17;;/h14,16,18,20H,3-13H2,1-2H3;2*1H. The molecule has 0 unspecified atom stereocenters. The molecule has 0 aromatic carbocycles. The molecule has 27 heavy (non-hydrogen) atoms. The molecule has 2 aliphatic rings. The fraction of sp³-hybridized carbons (Fsp3) is 0.789. The Labute approximate surface area is 180 Å². The molecule has 2 aliphatic heterocycles. The zero-order valence-electron chi connectivity index (χ0n) is 16.5. The predicted molar refractivity (Wildman–Crippen MR) is 117 cm³/mol. The van der Waals surface area contributed by atoms with Crippen LogP contribution in [0, 0.1) is 12.8 Å². The molecule has 1 amide bonds. The Morgan fingerprint density at radius 3 is 2.48 bits per heavy atom. The van der Waals surface area contributed by atoms with Crippen LogP contribution >= 0.6 is 36.2 Å². The molecular weight excluding hydrogens is 403 g/mol. The highest BCUT2D eigenvalue weighted by Crippen LogP contribution is 2.24. The minimum absolute atomic E-state index is 0. The molecule has 0 atom stereocenters. The van der Waals surface area contributed by atoms with Crippen molar-refractivity contribution < 1.29 is 4.79 Å². The van der Waals surface area contributed by atoms with E-state index in [-0.39, 0.29) is 30.7 Å². The van der Waals surface area contributed by atoms with E-state index in [1.807, 2.05) is 0 Å². The number of piperidine rings is 2. The van der Waals surface area contributed by atoms with Crippen LogP contribution < -0.4 is 5.32 Å². The zero-order chi connectivity index (χ0) is 17.6. The highest BCUT2D eigenvalue weighted by molar-refractivity contribution is 7.09. The molecule has 0 aliphatic carbocycles. The number of hydrogen-bond acceptors (Lipinski definition) is 5. The van der Waals surface area contributed by atoms with E-state index < -0.39 is 0 Å². The first kappa shape index (κ1) is 24.6. The van der Waals surface area contributed by atoms with Crippen LogP contribution in [0.2, 0.25) is 0 Å². The lowest BCUT2D eigenvalue weighted by molar-refractivity contribution is -0.140. The number of aromatic nitrogens is 1. The van der Waals surface area contributed by atoms with Crippen molar-refractivity contribution in [2.75, 3.05) is 32.7 Å². The van der Waals surface area contributed by atoms with E-state index in [4.69, 9.17) is 0 Å². The van der Waals surface area contributed by atoms with Crippen molar-refractivity contribution in [1.29, 1.82) is 0 Å². The average molecular weight is 437 g/mol. The van der Waals surface area contributed by atoms with E-state index in [2.05, 4.69) is 39.3 Å². The summed E-state index contributed by atoms with van der Waals surface area (Å²) in [6, 6.07) is 0.449. The van der Waals surface area contributed by atoms with Crippen LogP contribution in [0.3, 0.4) is 0 Å². The summed E-state index contributed by atoms with van der Waals surface area (Å²) in [5.41, 5.74) is 1.18. The average Bonchev–Trinajstić information content (AvgIpc) is 3.05. The van der Waals surface area contributed by atoms with E-state index in [9.17, 15) is 4.79 Å². The van der Waals surface area contributed by atoms with Crippen LogP contribution in [-0.4, -0.2) is 59.5 Å². The van der Waals surface area contributed by atoms with Crippen LogP contribution in [-0.2, 0) is 11.3 Å². The van der Waals surface area contributed by atoms with Crippen molar-refractivity contribution in [2.24, 2.45) is 5.92 Å². The number of aryl methyl sites for hydroxylation is 1. The molecule has 0 spiro atoms. The van der Waals surface area contributed by atoms with Gasteiger partial charge in [0.05, 0.1) is 10.7 Å². The van der Waals surface area contributed by atoms with Crippen molar-refractivity contribution in [2.45, 2.75) is 58.5 Å². The van der Waals surface area contributed by atoms with Crippen LogP contribution in [0.4, 0.5) is 0 Å². The summed E-state index contributed by atoms with van der Waals surface area (Å²) < 4.78 is 0. The monoisotopic (exact) mass is 436 g/mol. The van der Waals surface area contributed by atoms with Gasteiger partial charge in [-0.2, -0.15) is 0 Å². The minimum atomic E-state index is 0. The number of nitrogens with one attached hydrogen (secondary N) is 1. The molecule has 156 valence electrons. The number of rotatable bonds is 6. The Morgan fingerprint density at radius 2 is 1.93 bits per heavy atom. The molecule has 8 heteroatoms. The SMILES string of the molecule is CCCN(C(=O)C1CCN(Cc2csc(C)n2)CC1)C1CCNCC1.Cl.Cl. The fourth-order valence-corrected chi connectivity index (χ4v) is 4.72. The van der Waals surface area contributed by atoms with Crippen LogP contribution in [0.25, 0.3) is 0 Å². The van der Waals surface area contributed by atoms with Gasteiger partial charge in [0.15, 0.2) is 0 Å². The van der Waals surface area contributed by atoms with Crippen molar-refractivity contribution >= 4 is 42.1 Å². The van der Waals surface area contributed by atoms with Gasteiger partial charge in [0.25, 0.3) is 0 Å². The Bertz CT molecular complexity index is 558. The van der Waals surface area contributed by atoms with E-state index in [0.717, 1.165) is 76.4 Å². The molecule has 3 rings (SSSR count). The summed E-state index contributed by atoms with van der Waals surface area (Å²) in [6.07, 6.45) is 5.25. The number of hydrogen-bond donors (Lipinski definition) is 1. The van der Waals surface area contributed by atoms with Gasteiger partial charge in [-0.05, 0) is 65.2 Å². The molecular formula is C19H34Cl2N4OS. The smallest absolute Gasteiger partial charge is 0.226 e. The first-order valence-corrected chi connectivity index (χ1v) is 10.7. The lowest BCUT2D eigenvalue weighted by atomic mass is 9.93. The minimum Gasteiger partial charge on any atom is -0.339 e. The summed E-state index contributed by atoms with van der Waals surface area (Å²) >= 11 is 1.72. The Balaban J connectivity index is 0.00000182. The molecule has 0 saturated carbocycles. The van der Waals surface area contributed by atoms with Gasteiger partial charge in [0, 0.05) is 30.4 Å². The molecule has 1 aromatic rings. The number of nitrogens with zero attached hydrogens (tertiary/aromatic N) is 3. The first-order chi connectivity index (χ1) is 12.2. The normalized spacial score (nSPS) is 19.2. The van der Waals surface area contributed by atoms with Crippen LogP contribution in [0.1, 0.15) is 49.7 Å². The van der Waals surface area contributed by atoms with E-state index in [1.165, 1.54) is 5.69 Å². The van der Waals surface area contributed by atoms with E-state index >= 15 is 0 Å². The first-order valence-electron chi connectivity index (χ1n) is 9.82. The van der Waals surface area contributed by atoms with Crippen molar-refractivity contribution in [3.63, 3.8) is 0 Å². The third-order valence-electron chi connectivity index (χ3n) is 5.49. The maximum atomic E-state index is 13.1. The summed E-state index contributed by atoms with van der Waals surface area (Å²) in [4.78, 5) is 22.4. The molecule has 2 fully saturated rings. The van der Waals surface area contributed by atoms with E-state index in [1.54, 1.807) is 11.3 Å². The van der Waals surface area contributed by atoms with Gasteiger partial charge in [-0.25, -0.2) is 4.98 Å². The van der Waals surface area contributed by atoms with Crippen molar-refractivity contribution in [1.82, 2.24) is 20.1 Å². The summed E-state index contributed by atoms with van der Waals surface area (Å²) in [5, 5.41) is 6.71. The van der Waals surface area contributed by atoms with Gasteiger partial charge in [-0.15, -0.1) is 36.2 Å². The maximum Gasteiger partial charge on any atom is 0.226 e. The van der Waals surface area contributed by atoms with Crippen LogP contribution in [0.5, 0.6) is 0 Å². The molecule has 5 nitrogen and oxygen atoms in total. The number of carbonyl (C=O) groups is 1. The Kier molecular flexibility index (Phi) is 11.2. The highest BCUT2D eigenvalue weighted by atomic mass is 35.5. The number of halogens is 2. The zero-order valence-corrected chi connectivity index (χ0v) is 18.9. The summed E-state index contributed by atoms with van der Waals surface area (Å²) in [5.74, 6) is 0.632. The second kappa shape index (κ2) is 12.2. The van der Waals surface area contributed by atoms with Crippen LogP contribution in [0.15, 0.2) is 5.38 Å². The third kappa shape index (κ3) is 6.86. The number of thiazole rings is 1. The largest absolute Gasteiger partial charge is 0.339 e. The predicted octanol–water partition coefficient (Wildman–Crippen LogP) is 3.50. The highest BCUT2D eigenvalue weighted by Gasteiger charge is 2.32. The molecule has 3 heterocycles. The molecule has 0 radical (unpaired) electrons. The lowest BCUT2D eigenvalue weighted by Gasteiger charge is -2.39. The lowest BCUT2D eigenvalue weighted by Crippen LogP contribution is -2.50. The van der Waals surface area contributed by atoms with Gasteiger partial charge < -0.3 is 10.2 Å². The molecule has 2 saturated heterocycles. The number of likely N-dealkylation sites (tertiary alicyclic amines) is 1. The number of carbonyl (C=O) groups excluding carboxylic acids is 1. The maximum absolute atomic E-state index is 13.1. The van der Waals surface area contributed by atoms with Gasteiger partial charge >= 0.3 is 0 Å². The van der Waals surface area contributed by atoms with E-state index in [0.29, 0.717) is 11.9 Å². The summed E-state index contributed by atoms with van der Waals surface area (Å²) in [7, 11) is 0. The van der Waals surface area contributed by atoms with Crippen molar-refractivity contribution in [3.8, 4) is 0 Å². The van der Waals surface area contributed by atoms with Crippen molar-refractivity contribution in [3.05, 3.63) is 16.1 Å². The Morgan fingerprint density at radius 1 is 1.26 bits per heavy atom. The Hall–Kier alpha value is -0.400. The van der Waals surface area contributed by atoms with Gasteiger partial charge in [0.1, 0.15) is 0 Å². The van der Waals surface area contributed by atoms with Gasteiger partial charge in [-0.1, -0.05) is 6.92 Å². The second-order valence-electron chi connectivity index (χ2n) is 7.42. The van der Waals surface area contributed by atoms with Gasteiger partial charge in [-0.3, -0.25) is 9.69 Å². The third-order valence-corrected chi connectivity index (χ3v) is 6.31. The summed E-state index contributed by atoms with van der Waals surface area (Å²) in [6.45, 7) is 10.2. The molecule has 1 aromatic heterocycles. The second-order valence-corrected chi connectivity index (χ2v) is 8.48. The molecule has 1 N–H and O–H groups in total. The quantitative estimate of drug-likeness (QED) is 0.740. The molecule has 0 bridgehead atoms. The fourth-order valence-electron chi connectivity index (χ4n) is 4.11. The topological polar surface area (TPSA) is 48.5 Å².